The zero-order valence-electron chi connectivity index (χ0n) is 21.4. The van der Waals surface area contributed by atoms with Gasteiger partial charge in [0.05, 0.1) is 25.8 Å². The van der Waals surface area contributed by atoms with Crippen LogP contribution in [0.2, 0.25) is 0 Å². The number of aromatic nitrogens is 1. The summed E-state index contributed by atoms with van der Waals surface area (Å²) in [6.45, 7) is 5.79. The summed E-state index contributed by atoms with van der Waals surface area (Å²) in [5, 5.41) is 12.6. The van der Waals surface area contributed by atoms with Crippen molar-refractivity contribution in [2.24, 2.45) is 0 Å². The molecule has 1 aliphatic rings. The van der Waals surface area contributed by atoms with Crippen LogP contribution in [-0.4, -0.2) is 36.0 Å². The zero-order chi connectivity index (χ0) is 26.4. The molecule has 0 saturated carbocycles. The number of nitrogens with one attached hydrogen (secondary N) is 1. The fourth-order valence-electron chi connectivity index (χ4n) is 5.33. The third-order valence-electron chi connectivity index (χ3n) is 6.81. The summed E-state index contributed by atoms with van der Waals surface area (Å²) < 4.78 is 11.0. The van der Waals surface area contributed by atoms with Crippen LogP contribution in [0.4, 0.5) is 5.69 Å². The third-order valence-corrected chi connectivity index (χ3v) is 6.81. The second-order valence-electron chi connectivity index (χ2n) is 9.26. The second-order valence-corrected chi connectivity index (χ2v) is 9.26. The minimum atomic E-state index is -0.882. The Morgan fingerprint density at radius 3 is 2.14 bits per heavy atom. The molecule has 0 bridgehead atoms. The van der Waals surface area contributed by atoms with Gasteiger partial charge < -0.3 is 19.6 Å². The van der Waals surface area contributed by atoms with Crippen LogP contribution in [0.1, 0.15) is 34.0 Å². The van der Waals surface area contributed by atoms with E-state index in [1.54, 1.807) is 18.2 Å². The van der Waals surface area contributed by atoms with Gasteiger partial charge in [0.1, 0.15) is 22.8 Å². The number of rotatable bonds is 5. The summed E-state index contributed by atoms with van der Waals surface area (Å²) in [7, 11) is 2.95. The lowest BCUT2D eigenvalue weighted by Crippen LogP contribution is -2.29. The molecule has 0 radical (unpaired) electrons. The molecule has 3 aromatic carbocycles. The number of hydrogen-bond acceptors (Lipinski definition) is 5. The molecular weight excluding hydrogens is 468 g/mol. The predicted octanol–water partition coefficient (Wildman–Crippen LogP) is 5.74. The summed E-state index contributed by atoms with van der Waals surface area (Å²) in [4.78, 5) is 32.3. The largest absolute Gasteiger partial charge is 0.506 e. The molecule has 1 aromatic heterocycles. The van der Waals surface area contributed by atoms with Crippen LogP contribution in [0.15, 0.2) is 66.2 Å². The van der Waals surface area contributed by atoms with Crippen LogP contribution < -0.4 is 14.4 Å². The standard InChI is InChI=1S/C30H28N2O5/c1-16-13-17(2)15-19(14-16)32-27(24-18(3)31-21-10-7-6-9-20(21)24)26(29(34)30(32)35)28(33)25-22(36-4)11-8-12-23(25)37-5/h6-15,27,31,33H,1-5H3/b28-26+. The first-order valence-corrected chi connectivity index (χ1v) is 11.9. The highest BCUT2D eigenvalue weighted by atomic mass is 16.5. The van der Waals surface area contributed by atoms with Crippen molar-refractivity contribution in [3.8, 4) is 11.5 Å². The molecule has 0 spiro atoms. The van der Waals surface area contributed by atoms with E-state index in [0.717, 1.165) is 33.3 Å². The summed E-state index contributed by atoms with van der Waals surface area (Å²) in [5.74, 6) is -1.20. The summed E-state index contributed by atoms with van der Waals surface area (Å²) in [5.41, 5.74) is 5.09. The van der Waals surface area contributed by atoms with Gasteiger partial charge in [-0.3, -0.25) is 14.5 Å². The maximum absolute atomic E-state index is 13.7. The Kier molecular flexibility index (Phi) is 5.99. The molecule has 188 valence electrons. The van der Waals surface area contributed by atoms with Crippen LogP contribution in [-0.2, 0) is 9.59 Å². The second kappa shape index (κ2) is 9.17. The van der Waals surface area contributed by atoms with Crippen molar-refractivity contribution in [1.29, 1.82) is 0 Å². The fourth-order valence-corrected chi connectivity index (χ4v) is 5.33. The molecule has 7 nitrogen and oxygen atoms in total. The van der Waals surface area contributed by atoms with Crippen molar-refractivity contribution < 1.29 is 24.2 Å². The van der Waals surface area contributed by atoms with Gasteiger partial charge in [0.15, 0.2) is 0 Å². The summed E-state index contributed by atoms with van der Waals surface area (Å²) in [6, 6.07) is 17.7. The van der Waals surface area contributed by atoms with Crippen molar-refractivity contribution in [1.82, 2.24) is 4.98 Å². The molecular formula is C30H28N2O5. The predicted molar refractivity (Wildman–Crippen MR) is 143 cm³/mol. The topological polar surface area (TPSA) is 91.9 Å². The van der Waals surface area contributed by atoms with Gasteiger partial charge in [0.2, 0.25) is 0 Å². The molecule has 4 aromatic rings. The van der Waals surface area contributed by atoms with Gasteiger partial charge in [-0.25, -0.2) is 0 Å². The Balaban J connectivity index is 1.88. The highest BCUT2D eigenvalue weighted by Gasteiger charge is 2.49. The van der Waals surface area contributed by atoms with E-state index < -0.39 is 17.7 Å². The van der Waals surface area contributed by atoms with E-state index in [1.807, 2.05) is 63.2 Å². The van der Waals surface area contributed by atoms with E-state index in [9.17, 15) is 14.7 Å². The Morgan fingerprint density at radius 2 is 1.51 bits per heavy atom. The van der Waals surface area contributed by atoms with Crippen molar-refractivity contribution >= 4 is 34.0 Å². The van der Waals surface area contributed by atoms with E-state index in [2.05, 4.69) is 4.98 Å². The molecule has 1 amide bonds. The van der Waals surface area contributed by atoms with Crippen LogP contribution in [0.3, 0.4) is 0 Å². The molecule has 2 heterocycles. The molecule has 1 aliphatic heterocycles. The Labute approximate surface area is 214 Å². The van der Waals surface area contributed by atoms with Crippen molar-refractivity contribution in [2.75, 3.05) is 19.1 Å². The number of ether oxygens (including phenoxy) is 2. The van der Waals surface area contributed by atoms with Crippen molar-refractivity contribution in [2.45, 2.75) is 26.8 Å². The number of aliphatic hydroxyl groups is 1. The number of H-pyrrole nitrogens is 1. The fraction of sp³-hybridized carbons (Fsp3) is 0.200. The zero-order valence-corrected chi connectivity index (χ0v) is 21.4. The number of benzene rings is 3. The van der Waals surface area contributed by atoms with E-state index in [0.29, 0.717) is 17.2 Å². The third kappa shape index (κ3) is 3.83. The number of aliphatic hydroxyl groups excluding tert-OH is 1. The Bertz CT molecular complexity index is 1550. The van der Waals surface area contributed by atoms with Crippen LogP contribution >= 0.6 is 0 Å². The number of amides is 1. The minimum absolute atomic E-state index is 0.0280. The number of anilines is 1. The number of nitrogens with zero attached hydrogens (tertiary/aromatic N) is 1. The van der Waals surface area contributed by atoms with Gasteiger partial charge in [0, 0.05) is 27.8 Å². The Hall–Kier alpha value is -4.52. The summed E-state index contributed by atoms with van der Waals surface area (Å²) in [6.07, 6.45) is 0. The number of aryl methyl sites for hydroxylation is 3. The monoisotopic (exact) mass is 496 g/mol. The lowest BCUT2D eigenvalue weighted by Gasteiger charge is -2.26. The SMILES string of the molecule is COc1cccc(OC)c1/C(O)=C1\C(=O)C(=O)N(c2cc(C)cc(C)c2)C1c1c(C)[nH]c2ccccc12. The highest BCUT2D eigenvalue weighted by Crippen LogP contribution is 2.47. The normalized spacial score (nSPS) is 17.0. The van der Waals surface area contributed by atoms with E-state index >= 15 is 0 Å². The average molecular weight is 497 g/mol. The van der Waals surface area contributed by atoms with Crippen molar-refractivity contribution in [3.63, 3.8) is 0 Å². The number of ketones is 1. The summed E-state index contributed by atoms with van der Waals surface area (Å²) >= 11 is 0. The number of aromatic amines is 1. The Morgan fingerprint density at radius 1 is 0.892 bits per heavy atom. The van der Waals surface area contributed by atoms with Gasteiger partial charge in [-0.05, 0) is 62.2 Å². The van der Waals surface area contributed by atoms with Gasteiger partial charge in [-0.1, -0.05) is 30.3 Å². The first-order valence-electron chi connectivity index (χ1n) is 11.9. The smallest absolute Gasteiger partial charge is 0.300 e. The van der Waals surface area contributed by atoms with Crippen molar-refractivity contribution in [3.05, 3.63) is 94.2 Å². The van der Waals surface area contributed by atoms with Crippen LogP contribution in [0.5, 0.6) is 11.5 Å². The molecule has 1 saturated heterocycles. The van der Waals surface area contributed by atoms with Gasteiger partial charge in [-0.2, -0.15) is 0 Å². The van der Waals surface area contributed by atoms with E-state index in [4.69, 9.17) is 9.47 Å². The van der Waals surface area contributed by atoms with Gasteiger partial charge >= 0.3 is 0 Å². The molecule has 7 heteroatoms. The first-order chi connectivity index (χ1) is 17.8. The van der Waals surface area contributed by atoms with Crippen LogP contribution in [0, 0.1) is 20.8 Å². The molecule has 0 aliphatic carbocycles. The number of para-hydroxylation sites is 1. The van der Waals surface area contributed by atoms with Crippen LogP contribution in [0.25, 0.3) is 16.7 Å². The number of hydrogen-bond donors (Lipinski definition) is 2. The molecule has 5 rings (SSSR count). The van der Waals surface area contributed by atoms with Gasteiger partial charge in [-0.15, -0.1) is 0 Å². The first kappa shape index (κ1) is 24.2. The van der Waals surface area contributed by atoms with E-state index in [-0.39, 0.29) is 16.9 Å². The molecule has 1 fully saturated rings. The number of Topliss-reactive ketones (excluding diaryl/α,β-unsaturated/α-hetero) is 1. The van der Waals surface area contributed by atoms with Gasteiger partial charge in [0.25, 0.3) is 11.7 Å². The number of carbonyl (C=O) groups excluding carboxylic acids is 2. The molecule has 1 atom stereocenters. The maximum Gasteiger partial charge on any atom is 0.300 e. The lowest BCUT2D eigenvalue weighted by atomic mass is 9.92. The average Bonchev–Trinajstić information content (AvgIpc) is 3.34. The molecule has 2 N–H and O–H groups in total. The molecule has 37 heavy (non-hydrogen) atoms. The highest BCUT2D eigenvalue weighted by molar-refractivity contribution is 6.52. The number of carbonyl (C=O) groups is 2. The number of methoxy groups -OCH3 is 2. The quantitative estimate of drug-likeness (QED) is 0.209. The van der Waals surface area contributed by atoms with E-state index in [1.165, 1.54) is 19.1 Å². The number of fused-ring (bicyclic) bond motifs is 1. The maximum atomic E-state index is 13.7. The lowest BCUT2D eigenvalue weighted by molar-refractivity contribution is -0.132. The minimum Gasteiger partial charge on any atom is -0.506 e. The molecule has 1 unspecified atom stereocenters.